The number of benzene rings is 1. The molecule has 3 N–H and O–H groups in total. The van der Waals surface area contributed by atoms with Crippen molar-refractivity contribution >= 4 is 5.91 Å². The smallest absolute Gasteiger partial charge is 0.240 e. The molecule has 0 bridgehead atoms. The molecular weight excluding hydrogens is 231 g/mol. The molecule has 1 aromatic carbocycles. The van der Waals surface area contributed by atoms with Gasteiger partial charge in [-0.3, -0.25) is 4.79 Å². The van der Waals surface area contributed by atoms with Gasteiger partial charge >= 0.3 is 0 Å². The summed E-state index contributed by atoms with van der Waals surface area (Å²) in [7, 11) is 0. The van der Waals surface area contributed by atoms with Crippen LogP contribution in [0.25, 0.3) is 0 Å². The second-order valence-electron chi connectivity index (χ2n) is 5.00. The lowest BCUT2D eigenvalue weighted by molar-refractivity contribution is -0.126. The first-order chi connectivity index (χ1) is 8.60. The van der Waals surface area contributed by atoms with Gasteiger partial charge in [-0.05, 0) is 37.0 Å². The number of hydrogen-bond donors (Lipinski definition) is 2. The van der Waals surface area contributed by atoms with Crippen molar-refractivity contribution in [3.8, 4) is 0 Å². The SMILES string of the molecule is NC1(C(=O)NCCc2ccc(F)cc2)CCCC1. The third-order valence-corrected chi connectivity index (χ3v) is 3.56. The van der Waals surface area contributed by atoms with Crippen LogP contribution in [0.3, 0.4) is 0 Å². The number of halogens is 1. The molecule has 0 radical (unpaired) electrons. The number of rotatable bonds is 4. The molecule has 0 unspecified atom stereocenters. The van der Waals surface area contributed by atoms with E-state index >= 15 is 0 Å². The molecule has 0 aliphatic heterocycles. The molecule has 0 spiro atoms. The number of nitrogens with two attached hydrogens (primary N) is 1. The minimum Gasteiger partial charge on any atom is -0.354 e. The second-order valence-corrected chi connectivity index (χ2v) is 5.00. The van der Waals surface area contributed by atoms with Crippen molar-refractivity contribution in [1.29, 1.82) is 0 Å². The van der Waals surface area contributed by atoms with Crippen molar-refractivity contribution in [2.24, 2.45) is 5.73 Å². The molecule has 98 valence electrons. The Labute approximate surface area is 107 Å². The summed E-state index contributed by atoms with van der Waals surface area (Å²) in [6.45, 7) is 0.545. The Balaban J connectivity index is 1.78. The third kappa shape index (κ3) is 3.07. The van der Waals surface area contributed by atoms with Crippen molar-refractivity contribution in [3.05, 3.63) is 35.6 Å². The van der Waals surface area contributed by atoms with E-state index in [1.807, 2.05) is 0 Å². The van der Waals surface area contributed by atoms with Crippen LogP contribution < -0.4 is 11.1 Å². The van der Waals surface area contributed by atoms with Crippen LogP contribution in [0.5, 0.6) is 0 Å². The summed E-state index contributed by atoms with van der Waals surface area (Å²) in [5.41, 5.74) is 6.38. The molecule has 4 heteroatoms. The van der Waals surface area contributed by atoms with E-state index in [-0.39, 0.29) is 11.7 Å². The van der Waals surface area contributed by atoms with Gasteiger partial charge in [0.15, 0.2) is 0 Å². The highest BCUT2D eigenvalue weighted by molar-refractivity contribution is 5.86. The van der Waals surface area contributed by atoms with E-state index in [2.05, 4.69) is 5.32 Å². The van der Waals surface area contributed by atoms with Gasteiger partial charge in [-0.15, -0.1) is 0 Å². The normalized spacial score (nSPS) is 17.7. The number of carbonyl (C=O) groups excluding carboxylic acids is 1. The van der Waals surface area contributed by atoms with Crippen molar-refractivity contribution < 1.29 is 9.18 Å². The average molecular weight is 250 g/mol. The van der Waals surface area contributed by atoms with Crippen LogP contribution in [0.2, 0.25) is 0 Å². The van der Waals surface area contributed by atoms with E-state index in [0.29, 0.717) is 13.0 Å². The Hall–Kier alpha value is -1.42. The molecule has 0 aromatic heterocycles. The number of nitrogens with one attached hydrogen (secondary N) is 1. The van der Waals surface area contributed by atoms with Crippen LogP contribution in [0.15, 0.2) is 24.3 Å². The molecule has 0 heterocycles. The van der Waals surface area contributed by atoms with E-state index in [4.69, 9.17) is 5.73 Å². The van der Waals surface area contributed by atoms with Crippen molar-refractivity contribution in [1.82, 2.24) is 5.32 Å². The molecule has 1 aromatic rings. The number of hydrogen-bond acceptors (Lipinski definition) is 2. The zero-order valence-electron chi connectivity index (χ0n) is 10.4. The highest BCUT2D eigenvalue weighted by Crippen LogP contribution is 2.27. The fraction of sp³-hybridized carbons (Fsp3) is 0.500. The predicted octanol–water partition coefficient (Wildman–Crippen LogP) is 1.76. The first kappa shape index (κ1) is 13.0. The highest BCUT2D eigenvalue weighted by atomic mass is 19.1. The van der Waals surface area contributed by atoms with E-state index in [1.165, 1.54) is 12.1 Å². The van der Waals surface area contributed by atoms with Crippen LogP contribution in [0.1, 0.15) is 31.2 Å². The summed E-state index contributed by atoms with van der Waals surface area (Å²) in [5.74, 6) is -0.295. The number of carbonyl (C=O) groups is 1. The molecule has 0 atom stereocenters. The van der Waals surface area contributed by atoms with Crippen LogP contribution >= 0.6 is 0 Å². The Morgan fingerprint density at radius 2 is 1.89 bits per heavy atom. The van der Waals surface area contributed by atoms with Crippen LogP contribution in [0.4, 0.5) is 4.39 Å². The van der Waals surface area contributed by atoms with E-state index in [1.54, 1.807) is 12.1 Å². The lowest BCUT2D eigenvalue weighted by atomic mass is 9.98. The summed E-state index contributed by atoms with van der Waals surface area (Å²) in [6, 6.07) is 6.32. The quantitative estimate of drug-likeness (QED) is 0.855. The molecule has 1 amide bonds. The minimum atomic E-state index is -0.664. The van der Waals surface area contributed by atoms with E-state index < -0.39 is 5.54 Å². The Morgan fingerprint density at radius 1 is 1.28 bits per heavy atom. The van der Waals surface area contributed by atoms with Gasteiger partial charge in [0.25, 0.3) is 0 Å². The van der Waals surface area contributed by atoms with Crippen molar-refractivity contribution in [3.63, 3.8) is 0 Å². The number of amides is 1. The summed E-state index contributed by atoms with van der Waals surface area (Å²) in [6.07, 6.45) is 4.30. The van der Waals surface area contributed by atoms with Crippen LogP contribution in [0, 0.1) is 5.82 Å². The van der Waals surface area contributed by atoms with Gasteiger partial charge in [0.2, 0.25) is 5.91 Å². The lowest BCUT2D eigenvalue weighted by Crippen LogP contribution is -2.52. The maximum atomic E-state index is 12.7. The summed E-state index contributed by atoms with van der Waals surface area (Å²) in [5, 5.41) is 2.87. The lowest BCUT2D eigenvalue weighted by Gasteiger charge is -2.22. The average Bonchev–Trinajstić information content (AvgIpc) is 2.80. The van der Waals surface area contributed by atoms with Crippen molar-refractivity contribution in [2.45, 2.75) is 37.6 Å². The van der Waals surface area contributed by atoms with E-state index in [0.717, 1.165) is 31.2 Å². The third-order valence-electron chi connectivity index (χ3n) is 3.56. The summed E-state index contributed by atoms with van der Waals surface area (Å²) >= 11 is 0. The van der Waals surface area contributed by atoms with Crippen LogP contribution in [-0.2, 0) is 11.2 Å². The zero-order valence-corrected chi connectivity index (χ0v) is 10.4. The second kappa shape index (κ2) is 5.48. The molecule has 3 nitrogen and oxygen atoms in total. The zero-order chi connectivity index (χ0) is 13.0. The van der Waals surface area contributed by atoms with Gasteiger partial charge in [0.1, 0.15) is 5.82 Å². The predicted molar refractivity (Wildman–Crippen MR) is 68.5 cm³/mol. The molecule has 2 rings (SSSR count). The Bertz CT molecular complexity index is 410. The molecular formula is C14H19FN2O. The maximum Gasteiger partial charge on any atom is 0.240 e. The maximum absolute atomic E-state index is 12.7. The van der Waals surface area contributed by atoms with Gasteiger partial charge in [-0.2, -0.15) is 0 Å². The molecule has 1 saturated carbocycles. The van der Waals surface area contributed by atoms with Gasteiger partial charge in [0.05, 0.1) is 5.54 Å². The van der Waals surface area contributed by atoms with Gasteiger partial charge < -0.3 is 11.1 Å². The monoisotopic (exact) mass is 250 g/mol. The highest BCUT2D eigenvalue weighted by Gasteiger charge is 2.36. The first-order valence-corrected chi connectivity index (χ1v) is 6.42. The van der Waals surface area contributed by atoms with E-state index in [9.17, 15) is 9.18 Å². The Kier molecular flexibility index (Phi) is 3.97. The first-order valence-electron chi connectivity index (χ1n) is 6.42. The largest absolute Gasteiger partial charge is 0.354 e. The topological polar surface area (TPSA) is 55.1 Å². The fourth-order valence-corrected chi connectivity index (χ4v) is 2.38. The summed E-state index contributed by atoms with van der Waals surface area (Å²) in [4.78, 5) is 11.9. The van der Waals surface area contributed by atoms with Gasteiger partial charge in [-0.1, -0.05) is 25.0 Å². The molecule has 0 saturated heterocycles. The molecule has 1 fully saturated rings. The minimum absolute atomic E-state index is 0.0536. The molecule has 18 heavy (non-hydrogen) atoms. The van der Waals surface area contributed by atoms with Crippen LogP contribution in [-0.4, -0.2) is 18.0 Å². The standard InChI is InChI=1S/C14H19FN2O/c15-12-5-3-11(4-6-12)7-10-17-13(18)14(16)8-1-2-9-14/h3-6H,1-2,7-10,16H2,(H,17,18). The summed E-state index contributed by atoms with van der Waals surface area (Å²) < 4.78 is 12.7. The van der Waals surface area contributed by atoms with Gasteiger partial charge in [-0.25, -0.2) is 4.39 Å². The molecule has 1 aliphatic carbocycles. The van der Waals surface area contributed by atoms with Crippen molar-refractivity contribution in [2.75, 3.05) is 6.54 Å². The van der Waals surface area contributed by atoms with Gasteiger partial charge in [0, 0.05) is 6.54 Å². The molecule has 1 aliphatic rings. The fourth-order valence-electron chi connectivity index (χ4n) is 2.38. The Morgan fingerprint density at radius 3 is 2.50 bits per heavy atom.